The van der Waals surface area contributed by atoms with Gasteiger partial charge in [-0.25, -0.2) is 0 Å². The van der Waals surface area contributed by atoms with Crippen molar-refractivity contribution in [3.05, 3.63) is 82.6 Å². The van der Waals surface area contributed by atoms with Crippen LogP contribution in [0.2, 0.25) is 5.02 Å². The number of hydrogen-bond donors (Lipinski definition) is 1. The molecule has 0 aliphatic rings. The minimum atomic E-state index is -0.112. The van der Waals surface area contributed by atoms with Crippen molar-refractivity contribution < 1.29 is 4.79 Å². The van der Waals surface area contributed by atoms with Crippen molar-refractivity contribution in [2.24, 2.45) is 0 Å². The van der Waals surface area contributed by atoms with Gasteiger partial charge < -0.3 is 9.88 Å². The fourth-order valence-electron chi connectivity index (χ4n) is 2.47. The first-order chi connectivity index (χ1) is 11.0. The fourth-order valence-corrected chi connectivity index (χ4v) is 2.59. The van der Waals surface area contributed by atoms with Crippen LogP contribution in [0.3, 0.4) is 0 Å². The van der Waals surface area contributed by atoms with Crippen LogP contribution in [-0.4, -0.2) is 10.5 Å². The van der Waals surface area contributed by atoms with Crippen LogP contribution < -0.4 is 5.32 Å². The summed E-state index contributed by atoms with van der Waals surface area (Å²) in [6.07, 6.45) is 1.89. The Hall–Kier alpha value is -2.52. The highest BCUT2D eigenvalue weighted by Gasteiger charge is 2.13. The molecule has 2 aromatic carbocycles. The predicted molar refractivity (Wildman–Crippen MR) is 94.6 cm³/mol. The van der Waals surface area contributed by atoms with Crippen LogP contribution in [0.1, 0.15) is 21.6 Å². The Morgan fingerprint density at radius 1 is 0.957 bits per heavy atom. The van der Waals surface area contributed by atoms with E-state index >= 15 is 0 Å². The Kier molecular flexibility index (Phi) is 4.22. The lowest BCUT2D eigenvalue weighted by Crippen LogP contribution is -2.13. The van der Waals surface area contributed by atoms with E-state index in [0.29, 0.717) is 10.6 Å². The van der Waals surface area contributed by atoms with Gasteiger partial charge in [0.1, 0.15) is 0 Å². The molecule has 3 rings (SSSR count). The van der Waals surface area contributed by atoms with Crippen LogP contribution in [0.5, 0.6) is 0 Å². The van der Waals surface area contributed by atoms with Crippen molar-refractivity contribution in [1.82, 2.24) is 4.57 Å². The third-order valence-corrected chi connectivity index (χ3v) is 4.05. The molecule has 0 atom stereocenters. The Morgan fingerprint density at radius 3 is 2.26 bits per heavy atom. The first-order valence-corrected chi connectivity index (χ1v) is 7.74. The van der Waals surface area contributed by atoms with Crippen LogP contribution in [0.25, 0.3) is 5.69 Å². The van der Waals surface area contributed by atoms with E-state index in [0.717, 1.165) is 22.6 Å². The molecule has 3 aromatic rings. The van der Waals surface area contributed by atoms with Gasteiger partial charge >= 0.3 is 0 Å². The van der Waals surface area contributed by atoms with Gasteiger partial charge in [0.2, 0.25) is 0 Å². The molecular formula is C19H17ClN2O. The predicted octanol–water partition coefficient (Wildman–Crippen LogP) is 5.00. The van der Waals surface area contributed by atoms with E-state index in [1.165, 1.54) is 0 Å². The number of rotatable bonds is 3. The van der Waals surface area contributed by atoms with Crippen LogP contribution in [-0.2, 0) is 0 Å². The van der Waals surface area contributed by atoms with Crippen molar-refractivity contribution in [2.75, 3.05) is 5.32 Å². The molecule has 0 saturated carbocycles. The van der Waals surface area contributed by atoms with Gasteiger partial charge in [-0.05, 0) is 56.3 Å². The number of amides is 1. The molecule has 0 aliphatic carbocycles. The zero-order valence-electron chi connectivity index (χ0n) is 13.0. The second-order valence-electron chi connectivity index (χ2n) is 5.48. The summed E-state index contributed by atoms with van der Waals surface area (Å²) in [5.41, 5.74) is 4.46. The molecule has 0 fully saturated rings. The van der Waals surface area contributed by atoms with Crippen molar-refractivity contribution in [2.45, 2.75) is 13.8 Å². The highest BCUT2D eigenvalue weighted by Crippen LogP contribution is 2.20. The SMILES string of the molecule is Cc1ccc(NC(=O)c2ccn(-c3ccc(Cl)cc3)c2C)cc1. The highest BCUT2D eigenvalue weighted by molar-refractivity contribution is 6.30. The lowest BCUT2D eigenvalue weighted by molar-refractivity contribution is 0.102. The second kappa shape index (κ2) is 6.31. The number of carbonyl (C=O) groups excluding carboxylic acids is 1. The zero-order chi connectivity index (χ0) is 16.4. The molecule has 4 heteroatoms. The lowest BCUT2D eigenvalue weighted by atomic mass is 10.2. The number of anilines is 1. The summed E-state index contributed by atoms with van der Waals surface area (Å²) in [7, 11) is 0. The summed E-state index contributed by atoms with van der Waals surface area (Å²) >= 11 is 5.92. The van der Waals surface area contributed by atoms with Gasteiger partial charge in [0.15, 0.2) is 0 Å². The molecule has 3 nitrogen and oxygen atoms in total. The number of benzene rings is 2. The molecule has 1 aromatic heterocycles. The second-order valence-corrected chi connectivity index (χ2v) is 5.92. The van der Waals surface area contributed by atoms with Crippen LogP contribution in [0, 0.1) is 13.8 Å². The maximum atomic E-state index is 12.5. The molecule has 1 heterocycles. The third-order valence-electron chi connectivity index (χ3n) is 3.80. The smallest absolute Gasteiger partial charge is 0.257 e. The lowest BCUT2D eigenvalue weighted by Gasteiger charge is -2.09. The number of halogens is 1. The minimum absolute atomic E-state index is 0.112. The van der Waals surface area contributed by atoms with Gasteiger partial charge in [-0.3, -0.25) is 4.79 Å². The van der Waals surface area contributed by atoms with E-state index in [1.54, 1.807) is 0 Å². The monoisotopic (exact) mass is 324 g/mol. The highest BCUT2D eigenvalue weighted by atomic mass is 35.5. The first-order valence-electron chi connectivity index (χ1n) is 7.36. The van der Waals surface area contributed by atoms with Crippen molar-refractivity contribution >= 4 is 23.2 Å². The molecule has 23 heavy (non-hydrogen) atoms. The first kappa shape index (κ1) is 15.4. The van der Waals surface area contributed by atoms with Crippen molar-refractivity contribution in [1.29, 1.82) is 0 Å². The van der Waals surface area contributed by atoms with Gasteiger partial charge in [-0.1, -0.05) is 29.3 Å². The van der Waals surface area contributed by atoms with Gasteiger partial charge in [-0.15, -0.1) is 0 Å². The summed E-state index contributed by atoms with van der Waals surface area (Å²) in [5, 5.41) is 3.62. The summed E-state index contributed by atoms with van der Waals surface area (Å²) in [5.74, 6) is -0.112. The maximum Gasteiger partial charge on any atom is 0.257 e. The number of nitrogens with one attached hydrogen (secondary N) is 1. The molecule has 0 unspecified atom stereocenters. The Morgan fingerprint density at radius 2 is 1.61 bits per heavy atom. The number of nitrogens with zero attached hydrogens (tertiary/aromatic N) is 1. The molecule has 0 aliphatic heterocycles. The van der Waals surface area contributed by atoms with Gasteiger partial charge in [0.25, 0.3) is 5.91 Å². The van der Waals surface area contributed by atoms with Gasteiger partial charge in [-0.2, -0.15) is 0 Å². The van der Waals surface area contributed by atoms with Crippen LogP contribution >= 0.6 is 11.6 Å². The quantitative estimate of drug-likeness (QED) is 0.722. The van der Waals surface area contributed by atoms with Gasteiger partial charge in [0.05, 0.1) is 5.56 Å². The average molecular weight is 325 g/mol. The number of carbonyl (C=O) groups is 1. The van der Waals surface area contributed by atoms with E-state index in [1.807, 2.05) is 79.2 Å². The summed E-state index contributed by atoms with van der Waals surface area (Å²) in [4.78, 5) is 12.5. The molecule has 1 amide bonds. The maximum absolute atomic E-state index is 12.5. The standard InChI is InChI=1S/C19H17ClN2O/c1-13-3-7-16(8-4-13)21-19(23)18-11-12-22(14(18)2)17-9-5-15(20)6-10-17/h3-12H,1-2H3,(H,21,23). The summed E-state index contributed by atoms with van der Waals surface area (Å²) in [6.45, 7) is 3.95. The Balaban J connectivity index is 1.85. The van der Waals surface area contributed by atoms with Crippen molar-refractivity contribution in [3.63, 3.8) is 0 Å². The average Bonchev–Trinajstić information content (AvgIpc) is 2.92. The Bertz CT molecular complexity index is 833. The summed E-state index contributed by atoms with van der Waals surface area (Å²) < 4.78 is 1.97. The molecule has 0 spiro atoms. The zero-order valence-corrected chi connectivity index (χ0v) is 13.8. The number of aryl methyl sites for hydroxylation is 1. The van der Waals surface area contributed by atoms with Crippen molar-refractivity contribution in [3.8, 4) is 5.69 Å². The van der Waals surface area contributed by atoms with Crippen LogP contribution in [0.15, 0.2) is 60.8 Å². The van der Waals surface area contributed by atoms with E-state index in [9.17, 15) is 4.79 Å². The summed E-state index contributed by atoms with van der Waals surface area (Å²) in [6, 6.07) is 17.1. The Labute approximate surface area is 140 Å². The van der Waals surface area contributed by atoms with E-state index in [4.69, 9.17) is 11.6 Å². The molecular weight excluding hydrogens is 308 g/mol. The largest absolute Gasteiger partial charge is 0.322 e. The van der Waals surface area contributed by atoms with Crippen LogP contribution in [0.4, 0.5) is 5.69 Å². The third kappa shape index (κ3) is 3.30. The molecule has 0 radical (unpaired) electrons. The topological polar surface area (TPSA) is 34.0 Å². The normalized spacial score (nSPS) is 10.6. The van der Waals surface area contributed by atoms with E-state index < -0.39 is 0 Å². The molecule has 0 bridgehead atoms. The number of aromatic nitrogens is 1. The van der Waals surface area contributed by atoms with E-state index in [-0.39, 0.29) is 5.91 Å². The fraction of sp³-hybridized carbons (Fsp3) is 0.105. The molecule has 0 saturated heterocycles. The number of hydrogen-bond acceptors (Lipinski definition) is 1. The minimum Gasteiger partial charge on any atom is -0.322 e. The van der Waals surface area contributed by atoms with E-state index in [2.05, 4.69) is 5.32 Å². The van der Waals surface area contributed by atoms with Gasteiger partial charge in [0, 0.05) is 28.3 Å². The molecule has 116 valence electrons. The molecule has 1 N–H and O–H groups in total.